The zero-order valence-electron chi connectivity index (χ0n) is 11.1. The first-order chi connectivity index (χ1) is 9.19. The highest BCUT2D eigenvalue weighted by Crippen LogP contribution is 2.16. The molecule has 1 heterocycles. The van der Waals surface area contributed by atoms with Crippen LogP contribution in [0.2, 0.25) is 0 Å². The van der Waals surface area contributed by atoms with Crippen molar-refractivity contribution in [3.8, 4) is 0 Å². The molecule has 0 aliphatic rings. The molecule has 0 saturated carbocycles. The topological polar surface area (TPSA) is 41.1 Å². The number of aromatic nitrogens is 2. The van der Waals surface area contributed by atoms with Crippen LogP contribution >= 0.6 is 15.9 Å². The molecule has 1 aromatic heterocycles. The molecular formula is C14H17BrN4. The highest BCUT2D eigenvalue weighted by Gasteiger charge is 2.05. The summed E-state index contributed by atoms with van der Waals surface area (Å²) >= 11 is 3.49. The lowest BCUT2D eigenvalue weighted by Crippen LogP contribution is -2.19. The quantitative estimate of drug-likeness (QED) is 0.919. The number of benzene rings is 1. The molecular weight excluding hydrogens is 304 g/mol. The van der Waals surface area contributed by atoms with Crippen LogP contribution < -0.4 is 10.2 Å². The summed E-state index contributed by atoms with van der Waals surface area (Å²) in [6.07, 6.45) is 1.80. The van der Waals surface area contributed by atoms with Gasteiger partial charge in [0.25, 0.3) is 0 Å². The first-order valence-corrected chi connectivity index (χ1v) is 6.90. The van der Waals surface area contributed by atoms with Gasteiger partial charge in [-0.3, -0.25) is 0 Å². The van der Waals surface area contributed by atoms with Gasteiger partial charge in [-0.05, 0) is 30.8 Å². The molecule has 19 heavy (non-hydrogen) atoms. The van der Waals surface area contributed by atoms with Gasteiger partial charge in [-0.1, -0.05) is 28.1 Å². The molecule has 4 nitrogen and oxygen atoms in total. The Balaban J connectivity index is 2.11. The van der Waals surface area contributed by atoms with Gasteiger partial charge in [-0.2, -0.15) is 0 Å². The van der Waals surface area contributed by atoms with E-state index >= 15 is 0 Å². The van der Waals surface area contributed by atoms with E-state index < -0.39 is 0 Å². The number of rotatable bonds is 5. The van der Waals surface area contributed by atoms with Crippen molar-refractivity contribution in [2.45, 2.75) is 13.1 Å². The molecule has 0 saturated heterocycles. The molecule has 5 heteroatoms. The highest BCUT2D eigenvalue weighted by atomic mass is 79.9. The summed E-state index contributed by atoms with van der Waals surface area (Å²) < 4.78 is 1.09. The molecule has 0 aliphatic carbocycles. The van der Waals surface area contributed by atoms with E-state index in [1.807, 2.05) is 32.3 Å². The van der Waals surface area contributed by atoms with Crippen molar-refractivity contribution in [1.29, 1.82) is 0 Å². The number of nitrogens with one attached hydrogen (secondary N) is 1. The van der Waals surface area contributed by atoms with Crippen molar-refractivity contribution in [3.05, 3.63) is 52.4 Å². The van der Waals surface area contributed by atoms with Crippen molar-refractivity contribution in [1.82, 2.24) is 15.3 Å². The van der Waals surface area contributed by atoms with Gasteiger partial charge in [0.05, 0.1) is 6.54 Å². The van der Waals surface area contributed by atoms with Crippen molar-refractivity contribution < 1.29 is 0 Å². The van der Waals surface area contributed by atoms with E-state index in [0.29, 0.717) is 6.54 Å². The molecule has 2 aromatic rings. The number of anilines is 1. The van der Waals surface area contributed by atoms with E-state index in [0.717, 1.165) is 22.7 Å². The van der Waals surface area contributed by atoms with E-state index in [4.69, 9.17) is 0 Å². The normalized spacial score (nSPS) is 10.5. The first kappa shape index (κ1) is 14.0. The van der Waals surface area contributed by atoms with Gasteiger partial charge < -0.3 is 10.2 Å². The Morgan fingerprint density at radius 3 is 2.89 bits per heavy atom. The van der Waals surface area contributed by atoms with Gasteiger partial charge in [0.1, 0.15) is 11.6 Å². The lowest BCUT2D eigenvalue weighted by Gasteiger charge is -2.18. The van der Waals surface area contributed by atoms with Gasteiger partial charge in [0.15, 0.2) is 0 Å². The molecule has 100 valence electrons. The molecule has 0 bridgehead atoms. The van der Waals surface area contributed by atoms with Crippen molar-refractivity contribution in [3.63, 3.8) is 0 Å². The number of nitrogens with zero attached hydrogens (tertiary/aromatic N) is 3. The van der Waals surface area contributed by atoms with Crippen LogP contribution in [0.25, 0.3) is 0 Å². The zero-order valence-corrected chi connectivity index (χ0v) is 12.7. The molecule has 0 unspecified atom stereocenters. The van der Waals surface area contributed by atoms with Gasteiger partial charge in [0.2, 0.25) is 0 Å². The molecule has 0 amide bonds. The third kappa shape index (κ3) is 4.01. The van der Waals surface area contributed by atoms with E-state index in [1.54, 1.807) is 6.20 Å². The standard InChI is InChI=1S/C14H17BrN4/c1-16-9-13-17-7-6-14(18-13)19(2)10-11-4-3-5-12(15)8-11/h3-8,16H,9-10H2,1-2H3. The van der Waals surface area contributed by atoms with Crippen molar-refractivity contribution in [2.75, 3.05) is 19.0 Å². The lowest BCUT2D eigenvalue weighted by atomic mass is 10.2. The second kappa shape index (κ2) is 6.63. The molecule has 0 aliphatic heterocycles. The molecule has 0 atom stereocenters. The Bertz CT molecular complexity index is 544. The minimum Gasteiger partial charge on any atom is -0.355 e. The van der Waals surface area contributed by atoms with E-state index in [9.17, 15) is 0 Å². The Hall–Kier alpha value is -1.46. The maximum Gasteiger partial charge on any atom is 0.144 e. The fraction of sp³-hybridized carbons (Fsp3) is 0.286. The average Bonchev–Trinajstić information content (AvgIpc) is 2.39. The van der Waals surface area contributed by atoms with E-state index in [2.05, 4.69) is 48.2 Å². The third-order valence-corrected chi connectivity index (χ3v) is 3.22. The van der Waals surface area contributed by atoms with Crippen LogP contribution in [-0.2, 0) is 13.1 Å². The van der Waals surface area contributed by atoms with Crippen LogP contribution in [0.5, 0.6) is 0 Å². The fourth-order valence-corrected chi connectivity index (χ4v) is 2.28. The molecule has 1 aromatic carbocycles. The second-order valence-electron chi connectivity index (χ2n) is 4.35. The van der Waals surface area contributed by atoms with Crippen LogP contribution in [0.1, 0.15) is 11.4 Å². The maximum atomic E-state index is 4.52. The van der Waals surface area contributed by atoms with Gasteiger partial charge in [-0.25, -0.2) is 9.97 Å². The van der Waals surface area contributed by atoms with Crippen molar-refractivity contribution in [2.24, 2.45) is 0 Å². The maximum absolute atomic E-state index is 4.52. The summed E-state index contributed by atoms with van der Waals surface area (Å²) in [5, 5.41) is 3.06. The van der Waals surface area contributed by atoms with Gasteiger partial charge >= 0.3 is 0 Å². The Morgan fingerprint density at radius 2 is 2.16 bits per heavy atom. The van der Waals surface area contributed by atoms with Crippen LogP contribution in [-0.4, -0.2) is 24.1 Å². The van der Waals surface area contributed by atoms with Gasteiger partial charge in [-0.15, -0.1) is 0 Å². The number of halogens is 1. The molecule has 1 N–H and O–H groups in total. The van der Waals surface area contributed by atoms with Crippen LogP contribution in [0.15, 0.2) is 41.0 Å². The highest BCUT2D eigenvalue weighted by molar-refractivity contribution is 9.10. The second-order valence-corrected chi connectivity index (χ2v) is 5.26. The average molecular weight is 321 g/mol. The van der Waals surface area contributed by atoms with E-state index in [1.165, 1.54) is 5.56 Å². The minimum atomic E-state index is 0.679. The van der Waals surface area contributed by atoms with Crippen LogP contribution in [0.3, 0.4) is 0 Å². The molecule has 2 rings (SSSR count). The van der Waals surface area contributed by atoms with Gasteiger partial charge in [0, 0.05) is 24.3 Å². The molecule has 0 radical (unpaired) electrons. The Labute approximate surface area is 122 Å². The summed E-state index contributed by atoms with van der Waals surface area (Å²) in [5.74, 6) is 1.74. The van der Waals surface area contributed by atoms with Crippen LogP contribution in [0.4, 0.5) is 5.82 Å². The van der Waals surface area contributed by atoms with Crippen LogP contribution in [0, 0.1) is 0 Å². The summed E-state index contributed by atoms with van der Waals surface area (Å²) in [6, 6.07) is 10.2. The minimum absolute atomic E-state index is 0.679. The molecule has 0 spiro atoms. The summed E-state index contributed by atoms with van der Waals surface area (Å²) in [5.41, 5.74) is 1.24. The zero-order chi connectivity index (χ0) is 13.7. The van der Waals surface area contributed by atoms with Crippen molar-refractivity contribution >= 4 is 21.7 Å². The predicted octanol–water partition coefficient (Wildman–Crippen LogP) is 2.59. The SMILES string of the molecule is CNCc1nccc(N(C)Cc2cccc(Br)c2)n1. The monoisotopic (exact) mass is 320 g/mol. The van der Waals surface area contributed by atoms with E-state index in [-0.39, 0.29) is 0 Å². The summed E-state index contributed by atoms with van der Waals surface area (Å²) in [7, 11) is 3.92. The summed E-state index contributed by atoms with van der Waals surface area (Å²) in [6.45, 7) is 1.49. The predicted molar refractivity (Wildman–Crippen MR) is 81.0 cm³/mol. The Kier molecular flexibility index (Phi) is 4.87. The fourth-order valence-electron chi connectivity index (χ4n) is 1.83. The smallest absolute Gasteiger partial charge is 0.144 e. The summed E-state index contributed by atoms with van der Waals surface area (Å²) in [4.78, 5) is 10.9. The first-order valence-electron chi connectivity index (χ1n) is 6.11. The number of hydrogen-bond acceptors (Lipinski definition) is 4. The Morgan fingerprint density at radius 1 is 1.32 bits per heavy atom. The third-order valence-electron chi connectivity index (χ3n) is 2.73. The largest absolute Gasteiger partial charge is 0.355 e. The number of hydrogen-bond donors (Lipinski definition) is 1. The lowest BCUT2D eigenvalue weighted by molar-refractivity contribution is 0.750. The molecule has 0 fully saturated rings.